The van der Waals surface area contributed by atoms with Gasteiger partial charge in [-0.3, -0.25) is 9.69 Å². The van der Waals surface area contributed by atoms with Gasteiger partial charge in [-0.05, 0) is 79.2 Å². The molecule has 1 N–H and O–H groups in total. The fourth-order valence-electron chi connectivity index (χ4n) is 4.82. The number of benzene rings is 1. The van der Waals surface area contributed by atoms with Crippen molar-refractivity contribution in [1.29, 1.82) is 0 Å². The van der Waals surface area contributed by atoms with E-state index in [0.29, 0.717) is 6.04 Å². The largest absolute Gasteiger partial charge is 0.322 e. The average molecular weight is 378 g/mol. The zero-order valence-electron chi connectivity index (χ0n) is 16.3. The summed E-state index contributed by atoms with van der Waals surface area (Å²) in [5.74, 6) is 0.811. The monoisotopic (exact) mass is 378 g/mol. The van der Waals surface area contributed by atoms with Crippen LogP contribution in [0.1, 0.15) is 67.6 Å². The van der Waals surface area contributed by atoms with Gasteiger partial charge in [0.25, 0.3) is 5.56 Å². The summed E-state index contributed by atoms with van der Waals surface area (Å²) in [6, 6.07) is 8.35. The Hall–Kier alpha value is -2.54. The van der Waals surface area contributed by atoms with Crippen molar-refractivity contribution in [2.24, 2.45) is 0 Å². The molecule has 3 aromatic rings. The van der Waals surface area contributed by atoms with E-state index in [4.69, 9.17) is 0 Å². The molecule has 0 spiro atoms. The van der Waals surface area contributed by atoms with E-state index in [-0.39, 0.29) is 11.6 Å². The van der Waals surface area contributed by atoms with Crippen LogP contribution in [0.3, 0.4) is 0 Å². The van der Waals surface area contributed by atoms with Crippen molar-refractivity contribution in [3.05, 3.63) is 51.6 Å². The first-order chi connectivity index (χ1) is 13.7. The molecule has 2 aliphatic rings. The second-order valence-electron chi connectivity index (χ2n) is 8.21. The molecule has 7 heteroatoms. The molecule has 0 radical (unpaired) electrons. The number of aryl methyl sites for hydroxylation is 1. The highest BCUT2D eigenvalue weighted by atomic mass is 16.1. The number of tetrazole rings is 1. The van der Waals surface area contributed by atoms with Gasteiger partial charge in [-0.1, -0.05) is 25.0 Å². The molecule has 1 aromatic carbocycles. The highest BCUT2D eigenvalue weighted by Crippen LogP contribution is 2.34. The number of hydrogen-bond donors (Lipinski definition) is 1. The number of aromatic nitrogens is 5. The molecule has 7 nitrogen and oxygen atoms in total. The van der Waals surface area contributed by atoms with E-state index in [2.05, 4.69) is 37.5 Å². The Morgan fingerprint density at radius 3 is 2.68 bits per heavy atom. The second-order valence-corrected chi connectivity index (χ2v) is 8.21. The Morgan fingerprint density at radius 2 is 1.89 bits per heavy atom. The van der Waals surface area contributed by atoms with Gasteiger partial charge in [0.05, 0.1) is 6.04 Å². The molecule has 5 rings (SSSR count). The first-order valence-electron chi connectivity index (χ1n) is 10.4. The van der Waals surface area contributed by atoms with Crippen molar-refractivity contribution in [3.63, 3.8) is 0 Å². The maximum absolute atomic E-state index is 13.1. The molecule has 0 amide bonds. The van der Waals surface area contributed by atoms with Crippen molar-refractivity contribution >= 4 is 10.9 Å². The number of aromatic amines is 1. The van der Waals surface area contributed by atoms with Crippen molar-refractivity contribution in [3.8, 4) is 0 Å². The highest BCUT2D eigenvalue weighted by Gasteiger charge is 2.34. The maximum Gasteiger partial charge on any atom is 0.253 e. The molecule has 28 heavy (non-hydrogen) atoms. The average Bonchev–Trinajstić information content (AvgIpc) is 3.45. The van der Waals surface area contributed by atoms with Crippen molar-refractivity contribution in [2.45, 2.75) is 57.5 Å². The number of nitrogens with zero attached hydrogens (tertiary/aromatic N) is 5. The normalized spacial score (nSPS) is 19.6. The highest BCUT2D eigenvalue weighted by molar-refractivity contribution is 5.79. The van der Waals surface area contributed by atoms with E-state index in [1.165, 1.54) is 12.8 Å². The molecule has 1 atom stereocenters. The number of H-pyrrole nitrogens is 1. The summed E-state index contributed by atoms with van der Waals surface area (Å²) in [4.78, 5) is 18.6. The zero-order chi connectivity index (χ0) is 19.1. The predicted octanol–water partition coefficient (Wildman–Crippen LogP) is 3.12. The summed E-state index contributed by atoms with van der Waals surface area (Å²) in [7, 11) is 0. The van der Waals surface area contributed by atoms with E-state index < -0.39 is 0 Å². The minimum atomic E-state index is -0.201. The molecular formula is C21H26N6O. The lowest BCUT2D eigenvalue weighted by Crippen LogP contribution is -2.33. The fourth-order valence-corrected chi connectivity index (χ4v) is 4.82. The first kappa shape index (κ1) is 17.6. The summed E-state index contributed by atoms with van der Waals surface area (Å²) in [5, 5.41) is 13.8. The molecule has 1 unspecified atom stereocenters. The maximum atomic E-state index is 13.1. The SMILES string of the molecule is Cc1ccc2cc(C(c3nnnn3C3CCCC3)N3CCCC3)c(=O)[nH]c2c1. The molecule has 1 saturated carbocycles. The van der Waals surface area contributed by atoms with Gasteiger partial charge in [0.1, 0.15) is 6.04 Å². The number of likely N-dealkylation sites (tertiary alicyclic amines) is 1. The van der Waals surface area contributed by atoms with Crippen LogP contribution >= 0.6 is 0 Å². The number of fused-ring (bicyclic) bond motifs is 1. The van der Waals surface area contributed by atoms with Crippen LogP contribution in [-0.2, 0) is 0 Å². The van der Waals surface area contributed by atoms with Crippen LogP contribution < -0.4 is 5.56 Å². The van der Waals surface area contributed by atoms with Gasteiger partial charge >= 0.3 is 0 Å². The topological polar surface area (TPSA) is 79.7 Å². The van der Waals surface area contributed by atoms with Gasteiger partial charge in [0.15, 0.2) is 5.82 Å². The van der Waals surface area contributed by atoms with E-state index in [1.54, 1.807) is 0 Å². The molecule has 1 aliphatic heterocycles. The molecule has 146 valence electrons. The number of hydrogen-bond acceptors (Lipinski definition) is 5. The number of rotatable bonds is 4. The number of pyridine rings is 1. The van der Waals surface area contributed by atoms with Gasteiger partial charge in [0, 0.05) is 11.1 Å². The Labute approximate surface area is 163 Å². The van der Waals surface area contributed by atoms with Gasteiger partial charge in [-0.2, -0.15) is 0 Å². The minimum Gasteiger partial charge on any atom is -0.322 e. The van der Waals surface area contributed by atoms with Crippen LogP contribution in [0.25, 0.3) is 10.9 Å². The Balaban J connectivity index is 1.65. The lowest BCUT2D eigenvalue weighted by Gasteiger charge is -2.27. The molecule has 1 saturated heterocycles. The molecule has 2 aromatic heterocycles. The quantitative estimate of drug-likeness (QED) is 0.754. The lowest BCUT2D eigenvalue weighted by molar-refractivity contribution is 0.256. The minimum absolute atomic E-state index is 0.0454. The van der Waals surface area contributed by atoms with Gasteiger partial charge < -0.3 is 4.98 Å². The molecule has 1 aliphatic carbocycles. The second kappa shape index (κ2) is 7.13. The van der Waals surface area contributed by atoms with Gasteiger partial charge in [0.2, 0.25) is 0 Å². The molecule has 2 fully saturated rings. The summed E-state index contributed by atoms with van der Waals surface area (Å²) in [6.45, 7) is 3.97. The third-order valence-corrected chi connectivity index (χ3v) is 6.26. The van der Waals surface area contributed by atoms with Crippen molar-refractivity contribution < 1.29 is 0 Å². The van der Waals surface area contributed by atoms with Crippen LogP contribution in [0, 0.1) is 6.92 Å². The summed E-state index contributed by atoms with van der Waals surface area (Å²) in [6.07, 6.45) is 6.94. The Morgan fingerprint density at radius 1 is 1.11 bits per heavy atom. The summed E-state index contributed by atoms with van der Waals surface area (Å²) >= 11 is 0. The zero-order valence-corrected chi connectivity index (χ0v) is 16.3. The predicted molar refractivity (Wildman–Crippen MR) is 107 cm³/mol. The third-order valence-electron chi connectivity index (χ3n) is 6.26. The van der Waals surface area contributed by atoms with Gasteiger partial charge in [-0.15, -0.1) is 5.10 Å². The smallest absolute Gasteiger partial charge is 0.253 e. The van der Waals surface area contributed by atoms with Crippen LogP contribution in [0.2, 0.25) is 0 Å². The third kappa shape index (κ3) is 3.03. The number of nitrogens with one attached hydrogen (secondary N) is 1. The molecular weight excluding hydrogens is 352 g/mol. The van der Waals surface area contributed by atoms with Crippen LogP contribution in [0.15, 0.2) is 29.1 Å². The standard InChI is InChI=1S/C21H26N6O/c1-14-8-9-15-13-17(21(28)22-18(15)12-14)19(26-10-4-5-11-26)20-23-24-25-27(20)16-6-2-3-7-16/h8-9,12-13,16,19H,2-7,10-11H2,1H3,(H,22,28). The van der Waals surface area contributed by atoms with Crippen LogP contribution in [0.4, 0.5) is 0 Å². The van der Waals surface area contributed by atoms with Crippen LogP contribution in [0.5, 0.6) is 0 Å². The van der Waals surface area contributed by atoms with Crippen LogP contribution in [-0.4, -0.2) is 43.2 Å². The Bertz CT molecular complexity index is 1040. The van der Waals surface area contributed by atoms with E-state index in [0.717, 1.165) is 66.6 Å². The Kier molecular flexibility index (Phi) is 4.47. The molecule has 3 heterocycles. The van der Waals surface area contributed by atoms with E-state index >= 15 is 0 Å². The molecule has 0 bridgehead atoms. The van der Waals surface area contributed by atoms with E-state index in [9.17, 15) is 4.79 Å². The van der Waals surface area contributed by atoms with Crippen molar-refractivity contribution in [2.75, 3.05) is 13.1 Å². The van der Waals surface area contributed by atoms with Gasteiger partial charge in [-0.25, -0.2) is 4.68 Å². The summed E-state index contributed by atoms with van der Waals surface area (Å²) < 4.78 is 1.99. The first-order valence-corrected chi connectivity index (χ1v) is 10.4. The van der Waals surface area contributed by atoms with E-state index in [1.807, 2.05) is 23.7 Å². The lowest BCUT2D eigenvalue weighted by atomic mass is 10.0. The van der Waals surface area contributed by atoms with Crippen molar-refractivity contribution in [1.82, 2.24) is 30.1 Å². The fraction of sp³-hybridized carbons (Fsp3) is 0.524. The summed E-state index contributed by atoms with van der Waals surface area (Å²) in [5.41, 5.74) is 2.71.